The molecule has 3 aromatic heterocycles. The van der Waals surface area contributed by atoms with E-state index < -0.39 is 5.97 Å². The lowest BCUT2D eigenvalue weighted by Gasteiger charge is -2.28. The van der Waals surface area contributed by atoms with Gasteiger partial charge in [0.2, 0.25) is 0 Å². The molecule has 7 nitrogen and oxygen atoms in total. The van der Waals surface area contributed by atoms with E-state index in [2.05, 4.69) is 35.4 Å². The van der Waals surface area contributed by atoms with Crippen LogP contribution in [-0.2, 0) is 4.74 Å². The Morgan fingerprint density at radius 1 is 1.39 bits per heavy atom. The third-order valence-electron chi connectivity index (χ3n) is 5.64. The van der Waals surface area contributed by atoms with E-state index in [-0.39, 0.29) is 24.4 Å². The highest BCUT2D eigenvalue weighted by Gasteiger charge is 2.31. The molecule has 0 amide bonds. The number of halogens is 1. The summed E-state index contributed by atoms with van der Waals surface area (Å²) in [5.74, 6) is 0.0716. The van der Waals surface area contributed by atoms with Crippen molar-refractivity contribution < 1.29 is 13.9 Å². The molecule has 1 aliphatic heterocycles. The van der Waals surface area contributed by atoms with Gasteiger partial charge in [0, 0.05) is 18.3 Å². The highest BCUT2D eigenvalue weighted by molar-refractivity contribution is 5.95. The molecule has 3 aromatic rings. The predicted molar refractivity (Wildman–Crippen MR) is 116 cm³/mol. The van der Waals surface area contributed by atoms with Crippen LogP contribution in [0.15, 0.2) is 37.3 Å². The third-order valence-corrected chi connectivity index (χ3v) is 5.64. The van der Waals surface area contributed by atoms with Crippen LogP contribution in [0.3, 0.4) is 0 Å². The fourth-order valence-electron chi connectivity index (χ4n) is 3.99. The van der Waals surface area contributed by atoms with Crippen LogP contribution in [0.2, 0.25) is 0 Å². The SMILES string of the molecule is C=C(c1ncc(F)cc1C1CCCN1c1ccn2ncc(C(=O)OCC)c2n1)C(C)C. The van der Waals surface area contributed by atoms with Crippen molar-refractivity contribution in [1.29, 1.82) is 0 Å². The number of allylic oxidation sites excluding steroid dienone is 1. The first-order valence-corrected chi connectivity index (χ1v) is 10.5. The Morgan fingerprint density at radius 2 is 2.19 bits per heavy atom. The standard InChI is InChI=1S/C23H26FN5O2/c1-5-31-23(30)18-13-26-29-10-8-20(27-22(18)29)28-9-6-7-19(28)17-11-16(24)12-25-21(17)15(4)14(2)3/h8,10-14,19H,4-7,9H2,1-3H3. The first kappa shape index (κ1) is 21.0. The first-order chi connectivity index (χ1) is 14.9. The third kappa shape index (κ3) is 3.89. The number of esters is 1. The van der Waals surface area contributed by atoms with Gasteiger partial charge < -0.3 is 9.64 Å². The summed E-state index contributed by atoms with van der Waals surface area (Å²) in [7, 11) is 0. The van der Waals surface area contributed by atoms with E-state index >= 15 is 0 Å². The maximum Gasteiger partial charge on any atom is 0.343 e. The van der Waals surface area contributed by atoms with Gasteiger partial charge in [-0.2, -0.15) is 5.10 Å². The Kier molecular flexibility index (Phi) is 5.71. The number of hydrogen-bond donors (Lipinski definition) is 0. The van der Waals surface area contributed by atoms with Crippen LogP contribution in [0.1, 0.15) is 61.3 Å². The second-order valence-electron chi connectivity index (χ2n) is 7.96. The molecule has 1 atom stereocenters. The average molecular weight is 423 g/mol. The van der Waals surface area contributed by atoms with Gasteiger partial charge in [0.05, 0.1) is 30.7 Å². The zero-order chi connectivity index (χ0) is 22.1. The number of fused-ring (bicyclic) bond motifs is 1. The number of carbonyl (C=O) groups is 1. The largest absolute Gasteiger partial charge is 0.462 e. The molecule has 1 unspecified atom stereocenters. The molecular formula is C23H26FN5O2. The maximum atomic E-state index is 14.2. The molecule has 0 spiro atoms. The van der Waals surface area contributed by atoms with Gasteiger partial charge in [0.25, 0.3) is 0 Å². The van der Waals surface area contributed by atoms with E-state index in [4.69, 9.17) is 9.72 Å². The molecule has 162 valence electrons. The summed E-state index contributed by atoms with van der Waals surface area (Å²) in [6.45, 7) is 11.1. The molecule has 4 heterocycles. The van der Waals surface area contributed by atoms with E-state index in [9.17, 15) is 9.18 Å². The molecule has 1 fully saturated rings. The van der Waals surface area contributed by atoms with Crippen molar-refractivity contribution in [3.63, 3.8) is 0 Å². The fraction of sp³-hybridized carbons (Fsp3) is 0.391. The number of pyridine rings is 1. The van der Waals surface area contributed by atoms with Crippen molar-refractivity contribution in [1.82, 2.24) is 19.6 Å². The Morgan fingerprint density at radius 3 is 2.94 bits per heavy atom. The van der Waals surface area contributed by atoms with E-state index in [1.54, 1.807) is 23.7 Å². The molecule has 0 N–H and O–H groups in total. The van der Waals surface area contributed by atoms with Crippen molar-refractivity contribution in [3.05, 3.63) is 59.9 Å². The highest BCUT2D eigenvalue weighted by Crippen LogP contribution is 2.39. The van der Waals surface area contributed by atoms with Crippen LogP contribution in [0.5, 0.6) is 0 Å². The molecule has 0 saturated carbocycles. The van der Waals surface area contributed by atoms with Gasteiger partial charge in [0.15, 0.2) is 5.65 Å². The summed E-state index contributed by atoms with van der Waals surface area (Å²) in [5, 5.41) is 4.20. The van der Waals surface area contributed by atoms with Gasteiger partial charge in [-0.25, -0.2) is 18.7 Å². The van der Waals surface area contributed by atoms with Gasteiger partial charge in [0.1, 0.15) is 17.2 Å². The summed E-state index contributed by atoms with van der Waals surface area (Å²) < 4.78 is 20.9. The van der Waals surface area contributed by atoms with Crippen molar-refractivity contribution in [2.24, 2.45) is 5.92 Å². The topological polar surface area (TPSA) is 72.6 Å². The van der Waals surface area contributed by atoms with Gasteiger partial charge in [-0.3, -0.25) is 4.98 Å². The monoisotopic (exact) mass is 423 g/mol. The van der Waals surface area contributed by atoms with Crippen LogP contribution >= 0.6 is 0 Å². The van der Waals surface area contributed by atoms with Crippen LogP contribution in [-0.4, -0.2) is 38.7 Å². The molecule has 31 heavy (non-hydrogen) atoms. The van der Waals surface area contributed by atoms with Gasteiger partial charge >= 0.3 is 5.97 Å². The minimum absolute atomic E-state index is 0.0855. The number of ether oxygens (including phenoxy) is 1. The maximum absolute atomic E-state index is 14.2. The van der Waals surface area contributed by atoms with Crippen molar-refractivity contribution in [2.45, 2.75) is 39.7 Å². The van der Waals surface area contributed by atoms with Crippen LogP contribution in [0.4, 0.5) is 10.2 Å². The number of nitrogens with zero attached hydrogens (tertiary/aromatic N) is 5. The van der Waals surface area contributed by atoms with E-state index in [1.807, 2.05) is 6.07 Å². The minimum Gasteiger partial charge on any atom is -0.462 e. The number of aromatic nitrogens is 4. The molecule has 4 rings (SSSR count). The first-order valence-electron chi connectivity index (χ1n) is 10.5. The quantitative estimate of drug-likeness (QED) is 0.546. The molecule has 0 aromatic carbocycles. The number of rotatable bonds is 6. The van der Waals surface area contributed by atoms with Crippen LogP contribution < -0.4 is 4.90 Å². The smallest absolute Gasteiger partial charge is 0.343 e. The second-order valence-corrected chi connectivity index (χ2v) is 7.96. The van der Waals surface area contributed by atoms with Crippen molar-refractivity contribution >= 4 is 23.0 Å². The molecule has 0 aliphatic carbocycles. The predicted octanol–water partition coefficient (Wildman–Crippen LogP) is 4.45. The number of anilines is 1. The Balaban J connectivity index is 1.75. The normalized spacial score (nSPS) is 16.3. The summed E-state index contributed by atoms with van der Waals surface area (Å²) in [4.78, 5) is 23.5. The molecule has 8 heteroatoms. The second kappa shape index (κ2) is 8.45. The van der Waals surface area contributed by atoms with E-state index in [0.29, 0.717) is 17.0 Å². The highest BCUT2D eigenvalue weighted by atomic mass is 19.1. The summed E-state index contributed by atoms with van der Waals surface area (Å²) >= 11 is 0. The Hall–Kier alpha value is -3.29. The molecule has 1 saturated heterocycles. The summed E-state index contributed by atoms with van der Waals surface area (Å²) in [6, 6.07) is 3.33. The molecular weight excluding hydrogens is 397 g/mol. The zero-order valence-electron chi connectivity index (χ0n) is 18.0. The van der Waals surface area contributed by atoms with Crippen molar-refractivity contribution in [2.75, 3.05) is 18.1 Å². The van der Waals surface area contributed by atoms with Crippen molar-refractivity contribution in [3.8, 4) is 0 Å². The summed E-state index contributed by atoms with van der Waals surface area (Å²) in [6.07, 6.45) is 6.26. The van der Waals surface area contributed by atoms with Gasteiger partial charge in [-0.05, 0) is 43.4 Å². The molecule has 0 radical (unpaired) electrons. The van der Waals surface area contributed by atoms with E-state index in [0.717, 1.165) is 36.2 Å². The molecule has 0 bridgehead atoms. The van der Waals surface area contributed by atoms with E-state index in [1.165, 1.54) is 12.4 Å². The lowest BCUT2D eigenvalue weighted by atomic mass is 9.93. The number of carbonyl (C=O) groups excluding carboxylic acids is 1. The Bertz CT molecular complexity index is 1140. The lowest BCUT2D eigenvalue weighted by molar-refractivity contribution is 0.0528. The fourth-order valence-corrected chi connectivity index (χ4v) is 3.99. The van der Waals surface area contributed by atoms with Crippen LogP contribution in [0, 0.1) is 11.7 Å². The lowest BCUT2D eigenvalue weighted by Crippen LogP contribution is -2.25. The zero-order valence-corrected chi connectivity index (χ0v) is 18.0. The number of hydrogen-bond acceptors (Lipinski definition) is 6. The van der Waals surface area contributed by atoms with Gasteiger partial charge in [-0.1, -0.05) is 20.4 Å². The molecule has 1 aliphatic rings. The average Bonchev–Trinajstić information content (AvgIpc) is 3.40. The van der Waals surface area contributed by atoms with Crippen LogP contribution in [0.25, 0.3) is 11.2 Å². The minimum atomic E-state index is -0.454. The Labute approximate surface area is 180 Å². The summed E-state index contributed by atoms with van der Waals surface area (Å²) in [5.41, 5.74) is 3.19. The van der Waals surface area contributed by atoms with Gasteiger partial charge in [-0.15, -0.1) is 0 Å².